The summed E-state index contributed by atoms with van der Waals surface area (Å²) in [6, 6.07) is 9.80. The maximum absolute atomic E-state index is 12.1. The highest BCUT2D eigenvalue weighted by Gasteiger charge is 2.26. The maximum atomic E-state index is 12.1. The average molecular weight is 302 g/mol. The van der Waals surface area contributed by atoms with Gasteiger partial charge in [0.25, 0.3) is 5.91 Å². The van der Waals surface area contributed by atoms with E-state index in [-0.39, 0.29) is 18.4 Å². The number of carbonyl (C=O) groups is 2. The largest absolute Gasteiger partial charge is 0.466 e. The number of anilines is 1. The Labute approximate surface area is 128 Å². The van der Waals surface area contributed by atoms with E-state index in [9.17, 15) is 14.7 Å². The van der Waals surface area contributed by atoms with E-state index in [4.69, 9.17) is 4.42 Å². The van der Waals surface area contributed by atoms with Crippen LogP contribution in [-0.2, 0) is 10.4 Å². The highest BCUT2D eigenvalue weighted by molar-refractivity contribution is 5.95. The lowest BCUT2D eigenvalue weighted by Gasteiger charge is -2.21. The summed E-state index contributed by atoms with van der Waals surface area (Å²) in [7, 11) is 0. The van der Waals surface area contributed by atoms with Crippen LogP contribution in [0.2, 0.25) is 0 Å². The third kappa shape index (κ3) is 3.95. The van der Waals surface area contributed by atoms with Crippen LogP contribution in [0.3, 0.4) is 0 Å². The minimum atomic E-state index is -1.28. The molecule has 0 bridgehead atoms. The molecule has 0 aliphatic heterocycles. The molecule has 2 amide bonds. The van der Waals surface area contributed by atoms with E-state index >= 15 is 0 Å². The van der Waals surface area contributed by atoms with Crippen LogP contribution in [0, 0.1) is 0 Å². The molecule has 116 valence electrons. The summed E-state index contributed by atoms with van der Waals surface area (Å²) in [6.07, 6.45) is 1.46. The van der Waals surface area contributed by atoms with Crippen LogP contribution in [0.1, 0.15) is 30.0 Å². The molecule has 1 unspecified atom stereocenters. The fraction of sp³-hybridized carbons (Fsp3) is 0.250. The van der Waals surface area contributed by atoms with Crippen LogP contribution >= 0.6 is 0 Å². The topological polar surface area (TPSA) is 91.6 Å². The van der Waals surface area contributed by atoms with Crippen molar-refractivity contribution < 1.29 is 19.1 Å². The molecule has 1 atom stereocenters. The zero-order valence-electron chi connectivity index (χ0n) is 12.4. The van der Waals surface area contributed by atoms with Crippen LogP contribution in [0.4, 0.5) is 5.69 Å². The molecule has 2 rings (SSSR count). The number of amides is 2. The van der Waals surface area contributed by atoms with Crippen molar-refractivity contribution in [2.24, 2.45) is 0 Å². The first-order chi connectivity index (χ1) is 10.4. The third-order valence-corrected chi connectivity index (χ3v) is 3.11. The second kappa shape index (κ2) is 6.44. The Morgan fingerprint density at radius 2 is 1.91 bits per heavy atom. The van der Waals surface area contributed by atoms with Gasteiger partial charge in [0, 0.05) is 18.2 Å². The second-order valence-corrected chi connectivity index (χ2v) is 5.19. The Morgan fingerprint density at radius 1 is 1.23 bits per heavy atom. The molecule has 0 saturated carbocycles. The van der Waals surface area contributed by atoms with Gasteiger partial charge in [-0.05, 0) is 43.3 Å². The van der Waals surface area contributed by atoms with Gasteiger partial charge in [-0.15, -0.1) is 0 Å². The lowest BCUT2D eigenvalue weighted by molar-refractivity contribution is -0.114. The van der Waals surface area contributed by atoms with E-state index in [1.54, 1.807) is 43.3 Å². The van der Waals surface area contributed by atoms with Crippen molar-refractivity contribution in [2.45, 2.75) is 19.4 Å². The van der Waals surface area contributed by atoms with E-state index < -0.39 is 5.60 Å². The number of aliphatic hydroxyl groups is 1. The molecular formula is C16H18N2O4. The molecule has 2 aromatic rings. The Balaban J connectivity index is 1.96. The molecule has 6 heteroatoms. The molecule has 0 spiro atoms. The van der Waals surface area contributed by atoms with Crippen molar-refractivity contribution in [3.8, 4) is 0 Å². The lowest BCUT2D eigenvalue weighted by Crippen LogP contribution is -2.38. The minimum absolute atomic E-state index is 0.0206. The summed E-state index contributed by atoms with van der Waals surface area (Å²) in [5, 5.41) is 15.5. The lowest BCUT2D eigenvalue weighted by atomic mass is 10.0. The van der Waals surface area contributed by atoms with E-state index in [0.717, 1.165) is 0 Å². The van der Waals surface area contributed by atoms with Crippen molar-refractivity contribution in [1.82, 2.24) is 5.32 Å². The van der Waals surface area contributed by atoms with Gasteiger partial charge in [0.15, 0.2) is 0 Å². The predicted molar refractivity (Wildman–Crippen MR) is 81.4 cm³/mol. The van der Waals surface area contributed by atoms with Crippen LogP contribution in [-0.4, -0.2) is 23.5 Å². The number of nitrogens with one attached hydrogen (secondary N) is 2. The molecule has 1 heterocycles. The van der Waals surface area contributed by atoms with Crippen molar-refractivity contribution in [2.75, 3.05) is 11.9 Å². The monoisotopic (exact) mass is 302 g/mol. The van der Waals surface area contributed by atoms with E-state index in [2.05, 4.69) is 10.6 Å². The van der Waals surface area contributed by atoms with Gasteiger partial charge in [0.2, 0.25) is 5.91 Å². The van der Waals surface area contributed by atoms with Crippen LogP contribution < -0.4 is 10.6 Å². The molecule has 0 aliphatic rings. The first-order valence-electron chi connectivity index (χ1n) is 6.81. The normalized spacial score (nSPS) is 13.2. The highest BCUT2D eigenvalue weighted by atomic mass is 16.4. The number of hydrogen-bond acceptors (Lipinski definition) is 4. The summed E-state index contributed by atoms with van der Waals surface area (Å²) < 4.78 is 5.15. The predicted octanol–water partition coefficient (Wildman–Crippen LogP) is 1.88. The van der Waals surface area contributed by atoms with Gasteiger partial charge in [0.05, 0.1) is 12.8 Å². The molecule has 22 heavy (non-hydrogen) atoms. The van der Waals surface area contributed by atoms with E-state index in [1.165, 1.54) is 13.2 Å². The molecule has 0 saturated heterocycles. The van der Waals surface area contributed by atoms with Gasteiger partial charge >= 0.3 is 0 Å². The number of rotatable bonds is 5. The van der Waals surface area contributed by atoms with Crippen molar-refractivity contribution >= 4 is 17.5 Å². The molecular weight excluding hydrogens is 284 g/mol. The molecule has 0 fully saturated rings. The van der Waals surface area contributed by atoms with Crippen molar-refractivity contribution in [3.05, 3.63) is 54.0 Å². The molecule has 0 radical (unpaired) electrons. The summed E-state index contributed by atoms with van der Waals surface area (Å²) in [4.78, 5) is 23.0. The Hall–Kier alpha value is -2.60. The van der Waals surface area contributed by atoms with Crippen LogP contribution in [0.25, 0.3) is 0 Å². The average Bonchev–Trinajstić information content (AvgIpc) is 3.00. The zero-order chi connectivity index (χ0) is 16.2. The Morgan fingerprint density at radius 3 is 2.45 bits per heavy atom. The van der Waals surface area contributed by atoms with Crippen LogP contribution in [0.15, 0.2) is 47.1 Å². The van der Waals surface area contributed by atoms with Gasteiger partial charge in [-0.1, -0.05) is 0 Å². The quantitative estimate of drug-likeness (QED) is 0.786. The van der Waals surface area contributed by atoms with E-state index in [0.29, 0.717) is 17.0 Å². The summed E-state index contributed by atoms with van der Waals surface area (Å²) >= 11 is 0. The number of benzene rings is 1. The van der Waals surface area contributed by atoms with Crippen molar-refractivity contribution in [1.29, 1.82) is 0 Å². The molecule has 0 aliphatic carbocycles. The van der Waals surface area contributed by atoms with E-state index in [1.807, 2.05) is 0 Å². The standard InChI is InChI=1S/C16H18N2O4/c1-11(19)18-13-7-5-12(6-8-13)15(20)17-10-16(2,21)14-4-3-9-22-14/h3-9,21H,10H2,1-2H3,(H,17,20)(H,18,19). The summed E-state index contributed by atoms with van der Waals surface area (Å²) in [5.41, 5.74) is -0.231. The summed E-state index contributed by atoms with van der Waals surface area (Å²) in [6.45, 7) is 3.00. The van der Waals surface area contributed by atoms with Crippen molar-refractivity contribution in [3.63, 3.8) is 0 Å². The van der Waals surface area contributed by atoms with Gasteiger partial charge < -0.3 is 20.2 Å². The third-order valence-electron chi connectivity index (χ3n) is 3.11. The van der Waals surface area contributed by atoms with Gasteiger partial charge in [-0.2, -0.15) is 0 Å². The molecule has 1 aromatic carbocycles. The Bertz CT molecular complexity index is 645. The van der Waals surface area contributed by atoms with Gasteiger partial charge in [-0.25, -0.2) is 0 Å². The number of carbonyl (C=O) groups excluding carboxylic acids is 2. The zero-order valence-corrected chi connectivity index (χ0v) is 12.4. The molecule has 1 aromatic heterocycles. The van der Waals surface area contributed by atoms with Gasteiger partial charge in [-0.3, -0.25) is 9.59 Å². The second-order valence-electron chi connectivity index (χ2n) is 5.19. The van der Waals surface area contributed by atoms with Crippen LogP contribution in [0.5, 0.6) is 0 Å². The maximum Gasteiger partial charge on any atom is 0.251 e. The van der Waals surface area contributed by atoms with Gasteiger partial charge in [0.1, 0.15) is 11.4 Å². The number of furan rings is 1. The Kier molecular flexibility index (Phi) is 4.62. The SMILES string of the molecule is CC(=O)Nc1ccc(C(=O)NCC(C)(O)c2ccco2)cc1. The molecule has 3 N–H and O–H groups in total. The first-order valence-corrected chi connectivity index (χ1v) is 6.81. The fourth-order valence-corrected chi connectivity index (χ4v) is 1.93. The summed E-state index contributed by atoms with van der Waals surface area (Å²) in [5.74, 6) is -0.110. The first kappa shape index (κ1) is 15.8. The number of hydrogen-bond donors (Lipinski definition) is 3. The smallest absolute Gasteiger partial charge is 0.251 e. The minimum Gasteiger partial charge on any atom is -0.466 e. The molecule has 6 nitrogen and oxygen atoms in total. The highest BCUT2D eigenvalue weighted by Crippen LogP contribution is 2.20. The fourth-order valence-electron chi connectivity index (χ4n) is 1.93.